The van der Waals surface area contributed by atoms with Gasteiger partial charge in [0.15, 0.2) is 0 Å². The van der Waals surface area contributed by atoms with Gasteiger partial charge in [0, 0.05) is 17.4 Å². The van der Waals surface area contributed by atoms with Gasteiger partial charge in [0.05, 0.1) is 0 Å². The molecule has 136 valence electrons. The summed E-state index contributed by atoms with van der Waals surface area (Å²) in [5.41, 5.74) is 0.828. The molecular weight excluding hydrogens is 296 g/mol. The molecule has 4 bridgehead atoms. The third-order valence-corrected chi connectivity index (χ3v) is 7.40. The Morgan fingerprint density at radius 3 is 2.33 bits per heavy atom. The van der Waals surface area contributed by atoms with E-state index >= 15 is 0 Å². The Kier molecular flexibility index (Phi) is 4.88. The van der Waals surface area contributed by atoms with Crippen LogP contribution in [-0.4, -0.2) is 11.6 Å². The number of rotatable bonds is 7. The first kappa shape index (κ1) is 18.0. The molecule has 0 aliphatic heterocycles. The molecule has 4 fully saturated rings. The second kappa shape index (κ2) is 6.50. The Morgan fingerprint density at radius 1 is 1.21 bits per heavy atom. The van der Waals surface area contributed by atoms with E-state index in [2.05, 4.69) is 27.4 Å². The first-order valence-electron chi connectivity index (χ1n) is 10.2. The molecule has 4 rings (SSSR count). The van der Waals surface area contributed by atoms with Crippen LogP contribution in [0.2, 0.25) is 0 Å². The van der Waals surface area contributed by atoms with E-state index in [0.717, 1.165) is 5.92 Å². The first-order valence-corrected chi connectivity index (χ1v) is 10.2. The number of carbonyl (C=O) groups is 1. The van der Waals surface area contributed by atoms with Gasteiger partial charge in [0.25, 0.3) is 0 Å². The van der Waals surface area contributed by atoms with E-state index in [9.17, 15) is 4.79 Å². The second-order valence-corrected chi connectivity index (χ2v) is 9.57. The topological polar surface area (TPSA) is 26.3 Å². The second-order valence-electron chi connectivity index (χ2n) is 9.57. The number of hydrogen-bond acceptors (Lipinski definition) is 2. The lowest BCUT2D eigenvalue weighted by Crippen LogP contribution is -2.64. The van der Waals surface area contributed by atoms with Crippen molar-refractivity contribution < 1.29 is 9.53 Å². The summed E-state index contributed by atoms with van der Waals surface area (Å²) in [4.78, 5) is 12.5. The smallest absolute Gasteiger partial charge is 0.333 e. The maximum atomic E-state index is 12.5. The highest BCUT2D eigenvalue weighted by Crippen LogP contribution is 2.66. The molecule has 0 aromatic carbocycles. The predicted octanol–water partition coefficient (Wildman–Crippen LogP) is 5.91. The Hall–Kier alpha value is -0.790. The van der Waals surface area contributed by atoms with Crippen molar-refractivity contribution in [1.29, 1.82) is 0 Å². The SMILES string of the molecule is C=C(C)C(=O)OC1(C(C)CCCCC)C2CC3CC1CC(C)(C3)C2. The van der Waals surface area contributed by atoms with Gasteiger partial charge in [0.1, 0.15) is 5.60 Å². The lowest BCUT2D eigenvalue weighted by Gasteiger charge is -2.65. The largest absolute Gasteiger partial charge is 0.455 e. The zero-order valence-corrected chi connectivity index (χ0v) is 16.2. The summed E-state index contributed by atoms with van der Waals surface area (Å²) < 4.78 is 6.38. The molecule has 4 aliphatic carbocycles. The van der Waals surface area contributed by atoms with Crippen molar-refractivity contribution in [2.24, 2.45) is 29.1 Å². The molecule has 2 nitrogen and oxygen atoms in total. The monoisotopic (exact) mass is 332 g/mol. The van der Waals surface area contributed by atoms with Crippen LogP contribution in [0.25, 0.3) is 0 Å². The number of ether oxygens (including phenoxy) is 1. The van der Waals surface area contributed by atoms with Crippen molar-refractivity contribution in [3.63, 3.8) is 0 Å². The summed E-state index contributed by atoms with van der Waals surface area (Å²) in [6.45, 7) is 12.7. The fourth-order valence-electron chi connectivity index (χ4n) is 6.64. The van der Waals surface area contributed by atoms with E-state index in [4.69, 9.17) is 4.74 Å². The van der Waals surface area contributed by atoms with E-state index in [1.807, 2.05) is 0 Å². The molecule has 0 spiro atoms. The van der Waals surface area contributed by atoms with Crippen LogP contribution in [-0.2, 0) is 9.53 Å². The molecule has 24 heavy (non-hydrogen) atoms. The maximum absolute atomic E-state index is 12.5. The van der Waals surface area contributed by atoms with E-state index in [0.29, 0.717) is 28.7 Å². The summed E-state index contributed by atoms with van der Waals surface area (Å²) in [6.07, 6.45) is 11.4. The molecule has 0 saturated heterocycles. The molecule has 0 N–H and O–H groups in total. The van der Waals surface area contributed by atoms with Crippen molar-refractivity contribution in [2.45, 2.75) is 91.1 Å². The van der Waals surface area contributed by atoms with Gasteiger partial charge >= 0.3 is 5.97 Å². The van der Waals surface area contributed by atoms with Crippen molar-refractivity contribution >= 4 is 5.97 Å². The molecule has 0 aromatic rings. The Morgan fingerprint density at radius 2 is 1.83 bits per heavy atom. The van der Waals surface area contributed by atoms with Crippen LogP contribution < -0.4 is 0 Å². The summed E-state index contributed by atoms with van der Waals surface area (Å²) in [5, 5.41) is 0. The van der Waals surface area contributed by atoms with Crippen molar-refractivity contribution in [3.05, 3.63) is 12.2 Å². The zero-order valence-electron chi connectivity index (χ0n) is 16.2. The molecular formula is C22H36O2. The fraction of sp³-hybridized carbons (Fsp3) is 0.864. The van der Waals surface area contributed by atoms with Gasteiger partial charge in [-0.3, -0.25) is 0 Å². The van der Waals surface area contributed by atoms with Crippen LogP contribution in [0.1, 0.15) is 85.5 Å². The van der Waals surface area contributed by atoms with E-state index in [-0.39, 0.29) is 11.6 Å². The highest BCUT2D eigenvalue weighted by Gasteiger charge is 2.64. The van der Waals surface area contributed by atoms with Crippen LogP contribution in [0.4, 0.5) is 0 Å². The van der Waals surface area contributed by atoms with Gasteiger partial charge in [-0.2, -0.15) is 0 Å². The van der Waals surface area contributed by atoms with Gasteiger partial charge in [-0.25, -0.2) is 4.79 Å². The van der Waals surface area contributed by atoms with Crippen LogP contribution in [0.3, 0.4) is 0 Å². The highest BCUT2D eigenvalue weighted by atomic mass is 16.6. The van der Waals surface area contributed by atoms with Crippen molar-refractivity contribution in [1.82, 2.24) is 0 Å². The maximum Gasteiger partial charge on any atom is 0.333 e. The predicted molar refractivity (Wildman–Crippen MR) is 98.6 cm³/mol. The normalized spacial score (nSPS) is 41.2. The molecule has 3 atom stereocenters. The van der Waals surface area contributed by atoms with Crippen LogP contribution in [0.5, 0.6) is 0 Å². The molecule has 2 heteroatoms. The van der Waals surface area contributed by atoms with E-state index < -0.39 is 0 Å². The van der Waals surface area contributed by atoms with Crippen molar-refractivity contribution in [2.75, 3.05) is 0 Å². The number of hydrogen-bond donors (Lipinski definition) is 0. The van der Waals surface area contributed by atoms with Gasteiger partial charge in [-0.15, -0.1) is 0 Å². The van der Waals surface area contributed by atoms with Crippen molar-refractivity contribution in [3.8, 4) is 0 Å². The van der Waals surface area contributed by atoms with Gasteiger partial charge in [-0.05, 0) is 62.7 Å². The summed E-state index contributed by atoms with van der Waals surface area (Å²) in [6, 6.07) is 0. The van der Waals surface area contributed by atoms with E-state index in [1.165, 1.54) is 57.8 Å². The molecule has 4 saturated carbocycles. The molecule has 0 radical (unpaired) electrons. The first-order chi connectivity index (χ1) is 11.3. The summed E-state index contributed by atoms with van der Waals surface area (Å²) in [5.74, 6) is 2.30. The van der Waals surface area contributed by atoms with Gasteiger partial charge in [0.2, 0.25) is 0 Å². The molecule has 0 aromatic heterocycles. The minimum atomic E-state index is -0.222. The minimum Gasteiger partial charge on any atom is -0.455 e. The van der Waals surface area contributed by atoms with E-state index in [1.54, 1.807) is 6.92 Å². The van der Waals surface area contributed by atoms with Crippen LogP contribution >= 0.6 is 0 Å². The average molecular weight is 333 g/mol. The third kappa shape index (κ3) is 2.95. The Bertz CT molecular complexity index is 490. The molecule has 3 unspecified atom stereocenters. The van der Waals surface area contributed by atoms with Gasteiger partial charge in [-0.1, -0.05) is 46.6 Å². The van der Waals surface area contributed by atoms with Gasteiger partial charge < -0.3 is 4.74 Å². The molecule has 0 amide bonds. The highest BCUT2D eigenvalue weighted by molar-refractivity contribution is 5.87. The third-order valence-electron chi connectivity index (χ3n) is 7.40. The number of esters is 1. The lowest BCUT2D eigenvalue weighted by molar-refractivity contribution is -0.238. The number of carbonyl (C=O) groups excluding carboxylic acids is 1. The van der Waals surface area contributed by atoms with Crippen LogP contribution in [0, 0.1) is 29.1 Å². The molecule has 0 heterocycles. The van der Waals surface area contributed by atoms with Crippen LogP contribution in [0.15, 0.2) is 12.2 Å². The average Bonchev–Trinajstić information content (AvgIpc) is 2.49. The Labute approximate surface area is 148 Å². The Balaban J connectivity index is 1.88. The fourth-order valence-corrected chi connectivity index (χ4v) is 6.64. The quantitative estimate of drug-likeness (QED) is 0.329. The molecule has 4 aliphatic rings. The summed E-state index contributed by atoms with van der Waals surface area (Å²) >= 11 is 0. The minimum absolute atomic E-state index is 0.157. The lowest BCUT2D eigenvalue weighted by atomic mass is 9.43. The zero-order chi connectivity index (χ0) is 17.5. The standard InChI is InChI=1S/C22H36O2/c1-6-7-8-9-16(4)22(24-20(23)15(2)3)18-10-17-11-19(22)14-21(5,12-17)13-18/h16-19H,2,6-14H2,1,3-5H3. The number of unbranched alkanes of at least 4 members (excludes halogenated alkanes) is 2. The summed E-state index contributed by atoms with van der Waals surface area (Å²) in [7, 11) is 0.